The number of hydrogen-bond donors (Lipinski definition) is 1. The number of unbranched alkanes of at least 4 members (excludes halogenated alkanes) is 1. The second kappa shape index (κ2) is 7.47. The molecule has 0 amide bonds. The molecule has 0 radical (unpaired) electrons. The van der Waals surface area contributed by atoms with Crippen LogP contribution in [0.15, 0.2) is 41.2 Å². The molecule has 0 unspecified atom stereocenters. The van der Waals surface area contributed by atoms with Gasteiger partial charge in [-0.2, -0.15) is 0 Å². The third kappa shape index (κ3) is 3.87. The van der Waals surface area contributed by atoms with E-state index in [2.05, 4.69) is 34.1 Å². The molecule has 5 heteroatoms. The molecular weight excluding hydrogens is 312 g/mol. The maximum atomic E-state index is 12.7. The van der Waals surface area contributed by atoms with Crippen molar-refractivity contribution in [3.63, 3.8) is 0 Å². The van der Waals surface area contributed by atoms with Crippen molar-refractivity contribution in [1.82, 2.24) is 19.7 Å². The standard InChI is InChI=1S/C20H24N4O/c1-4-5-11-17-15(3)23-24(20(17)25)19-12-14(2)21-18(22-19)13-16-9-7-6-8-10-16/h6-10,12,23H,4-5,11,13H2,1-3H3. The number of benzene rings is 1. The lowest BCUT2D eigenvalue weighted by molar-refractivity contribution is 0.772. The predicted molar refractivity (Wildman–Crippen MR) is 99.3 cm³/mol. The highest BCUT2D eigenvalue weighted by molar-refractivity contribution is 5.29. The molecule has 130 valence electrons. The van der Waals surface area contributed by atoms with Crippen LogP contribution in [0.3, 0.4) is 0 Å². The smallest absolute Gasteiger partial charge is 0.276 e. The normalized spacial score (nSPS) is 11.0. The minimum absolute atomic E-state index is 0.00490. The summed E-state index contributed by atoms with van der Waals surface area (Å²) in [6, 6.07) is 12.0. The van der Waals surface area contributed by atoms with E-state index in [1.54, 1.807) is 4.68 Å². The van der Waals surface area contributed by atoms with Crippen molar-refractivity contribution in [3.05, 3.63) is 75.1 Å². The van der Waals surface area contributed by atoms with Crippen molar-refractivity contribution < 1.29 is 0 Å². The van der Waals surface area contributed by atoms with Crippen LogP contribution in [0.1, 0.15) is 48.1 Å². The molecule has 3 rings (SSSR count). The summed E-state index contributed by atoms with van der Waals surface area (Å²) in [6.07, 6.45) is 3.52. The summed E-state index contributed by atoms with van der Waals surface area (Å²) in [6.45, 7) is 6.00. The summed E-state index contributed by atoms with van der Waals surface area (Å²) in [5, 5.41) is 3.17. The number of H-pyrrole nitrogens is 1. The van der Waals surface area contributed by atoms with Gasteiger partial charge in [0.15, 0.2) is 5.82 Å². The number of nitrogens with one attached hydrogen (secondary N) is 1. The molecule has 0 aliphatic carbocycles. The quantitative estimate of drug-likeness (QED) is 0.749. The van der Waals surface area contributed by atoms with Crippen molar-refractivity contribution >= 4 is 0 Å². The van der Waals surface area contributed by atoms with Crippen LogP contribution in [0.25, 0.3) is 5.82 Å². The molecule has 0 spiro atoms. The van der Waals surface area contributed by atoms with Crippen molar-refractivity contribution in [2.24, 2.45) is 0 Å². The summed E-state index contributed by atoms with van der Waals surface area (Å²) >= 11 is 0. The average Bonchev–Trinajstić information content (AvgIpc) is 2.88. The van der Waals surface area contributed by atoms with E-state index >= 15 is 0 Å². The van der Waals surface area contributed by atoms with Gasteiger partial charge in [-0.15, -0.1) is 0 Å². The van der Waals surface area contributed by atoms with Crippen molar-refractivity contribution in [1.29, 1.82) is 0 Å². The molecular formula is C20H24N4O. The average molecular weight is 336 g/mol. The molecule has 1 N–H and O–H groups in total. The van der Waals surface area contributed by atoms with Gasteiger partial charge in [-0.1, -0.05) is 43.7 Å². The first kappa shape index (κ1) is 17.1. The van der Waals surface area contributed by atoms with Crippen LogP contribution in [0.4, 0.5) is 0 Å². The number of aryl methyl sites for hydroxylation is 2. The van der Waals surface area contributed by atoms with E-state index in [1.165, 1.54) is 0 Å². The number of aromatic amines is 1. The van der Waals surface area contributed by atoms with Crippen LogP contribution in [-0.4, -0.2) is 19.7 Å². The zero-order valence-electron chi connectivity index (χ0n) is 15.0. The number of nitrogens with zero attached hydrogens (tertiary/aromatic N) is 3. The fourth-order valence-corrected chi connectivity index (χ4v) is 2.97. The van der Waals surface area contributed by atoms with Gasteiger partial charge in [0.1, 0.15) is 5.82 Å². The van der Waals surface area contributed by atoms with Gasteiger partial charge in [-0.05, 0) is 32.3 Å². The van der Waals surface area contributed by atoms with E-state index in [4.69, 9.17) is 0 Å². The van der Waals surface area contributed by atoms with E-state index in [1.807, 2.05) is 38.1 Å². The fraction of sp³-hybridized carbons (Fsp3) is 0.350. The van der Waals surface area contributed by atoms with Gasteiger partial charge in [-0.25, -0.2) is 14.6 Å². The Morgan fingerprint density at radius 3 is 2.60 bits per heavy atom. The molecule has 0 aliphatic heterocycles. The molecule has 0 saturated heterocycles. The first-order chi connectivity index (χ1) is 12.1. The Bertz CT molecular complexity index is 909. The monoisotopic (exact) mass is 336 g/mol. The fourth-order valence-electron chi connectivity index (χ4n) is 2.97. The van der Waals surface area contributed by atoms with Crippen LogP contribution in [-0.2, 0) is 12.8 Å². The molecule has 5 nitrogen and oxygen atoms in total. The van der Waals surface area contributed by atoms with Crippen molar-refractivity contribution in [2.45, 2.75) is 46.5 Å². The van der Waals surface area contributed by atoms with E-state index in [0.29, 0.717) is 12.2 Å². The summed E-state index contributed by atoms with van der Waals surface area (Å²) in [5.41, 5.74) is 3.76. The number of aromatic nitrogens is 4. The van der Waals surface area contributed by atoms with Gasteiger partial charge in [0, 0.05) is 29.4 Å². The van der Waals surface area contributed by atoms with Gasteiger partial charge in [0.2, 0.25) is 0 Å². The molecule has 1 aromatic carbocycles. The Hall–Kier alpha value is -2.69. The molecule has 0 fully saturated rings. The maximum absolute atomic E-state index is 12.7. The lowest BCUT2D eigenvalue weighted by Gasteiger charge is -2.06. The van der Waals surface area contributed by atoms with Crippen LogP contribution in [0, 0.1) is 13.8 Å². The Balaban J connectivity index is 1.97. The number of hydrogen-bond acceptors (Lipinski definition) is 3. The summed E-state index contributed by atoms with van der Waals surface area (Å²) < 4.78 is 1.55. The Morgan fingerprint density at radius 1 is 1.12 bits per heavy atom. The Labute approximate surface area is 147 Å². The van der Waals surface area contributed by atoms with Gasteiger partial charge in [0.05, 0.1) is 0 Å². The SMILES string of the molecule is CCCCc1c(C)[nH]n(-c2cc(C)nc(Cc3ccccc3)n2)c1=O. The molecule has 0 atom stereocenters. The van der Waals surface area contributed by atoms with Gasteiger partial charge < -0.3 is 0 Å². The van der Waals surface area contributed by atoms with Gasteiger partial charge >= 0.3 is 0 Å². The second-order valence-corrected chi connectivity index (χ2v) is 6.41. The highest BCUT2D eigenvalue weighted by atomic mass is 16.1. The molecule has 3 aromatic rings. The first-order valence-electron chi connectivity index (χ1n) is 8.78. The zero-order valence-corrected chi connectivity index (χ0v) is 15.0. The third-order valence-electron chi connectivity index (χ3n) is 4.29. The second-order valence-electron chi connectivity index (χ2n) is 6.41. The third-order valence-corrected chi connectivity index (χ3v) is 4.29. The molecule has 0 bridgehead atoms. The van der Waals surface area contributed by atoms with Crippen LogP contribution >= 0.6 is 0 Å². The molecule has 2 aromatic heterocycles. The van der Waals surface area contributed by atoms with E-state index in [0.717, 1.165) is 47.6 Å². The van der Waals surface area contributed by atoms with Crippen LogP contribution in [0.2, 0.25) is 0 Å². The summed E-state index contributed by atoms with van der Waals surface area (Å²) in [5.74, 6) is 1.32. The Kier molecular flexibility index (Phi) is 5.12. The van der Waals surface area contributed by atoms with Crippen molar-refractivity contribution in [2.75, 3.05) is 0 Å². The molecule has 25 heavy (non-hydrogen) atoms. The van der Waals surface area contributed by atoms with E-state index in [-0.39, 0.29) is 5.56 Å². The molecule has 0 aliphatic rings. The van der Waals surface area contributed by atoms with E-state index in [9.17, 15) is 4.79 Å². The minimum atomic E-state index is -0.00490. The highest BCUT2D eigenvalue weighted by Crippen LogP contribution is 2.11. The van der Waals surface area contributed by atoms with Crippen LogP contribution < -0.4 is 5.56 Å². The highest BCUT2D eigenvalue weighted by Gasteiger charge is 2.14. The maximum Gasteiger partial charge on any atom is 0.276 e. The molecule has 0 saturated carbocycles. The lowest BCUT2D eigenvalue weighted by Crippen LogP contribution is -2.19. The topological polar surface area (TPSA) is 63.6 Å². The first-order valence-corrected chi connectivity index (χ1v) is 8.78. The van der Waals surface area contributed by atoms with Crippen LogP contribution in [0.5, 0.6) is 0 Å². The van der Waals surface area contributed by atoms with Crippen molar-refractivity contribution in [3.8, 4) is 5.82 Å². The largest absolute Gasteiger partial charge is 0.294 e. The zero-order chi connectivity index (χ0) is 17.8. The molecule has 2 heterocycles. The minimum Gasteiger partial charge on any atom is -0.294 e. The summed E-state index contributed by atoms with van der Waals surface area (Å²) in [4.78, 5) is 21.9. The van der Waals surface area contributed by atoms with E-state index < -0.39 is 0 Å². The van der Waals surface area contributed by atoms with Gasteiger partial charge in [0.25, 0.3) is 5.56 Å². The Morgan fingerprint density at radius 2 is 1.88 bits per heavy atom. The van der Waals surface area contributed by atoms with Gasteiger partial charge in [-0.3, -0.25) is 9.89 Å². The number of rotatable bonds is 6. The lowest BCUT2D eigenvalue weighted by atomic mass is 10.1. The predicted octanol–water partition coefficient (Wildman–Crippen LogP) is 3.51. The summed E-state index contributed by atoms with van der Waals surface area (Å²) in [7, 11) is 0.